The van der Waals surface area contributed by atoms with Crippen LogP contribution in [-0.2, 0) is 17.8 Å². The zero-order chi connectivity index (χ0) is 30.8. The Morgan fingerprint density at radius 3 is 2.77 bits per heavy atom. The number of likely N-dealkylation sites (N-methyl/N-ethyl adjacent to an activating group) is 1. The van der Waals surface area contributed by atoms with Crippen LogP contribution in [0, 0.1) is 22.7 Å². The van der Waals surface area contributed by atoms with Gasteiger partial charge in [0.1, 0.15) is 18.2 Å². The predicted octanol–water partition coefficient (Wildman–Crippen LogP) is 2.71. The van der Waals surface area contributed by atoms with Crippen LogP contribution < -0.4 is 9.64 Å². The number of pyridine rings is 1. The van der Waals surface area contributed by atoms with Crippen molar-refractivity contribution in [3.05, 3.63) is 53.3 Å². The monoisotopic (exact) mass is 599 g/mol. The molecule has 5 aliphatic rings. The van der Waals surface area contributed by atoms with E-state index < -0.39 is 17.8 Å². The zero-order valence-corrected chi connectivity index (χ0v) is 25.2. The van der Waals surface area contributed by atoms with Gasteiger partial charge in [-0.15, -0.1) is 0 Å². The third-order valence-corrected chi connectivity index (χ3v) is 9.29. The molecule has 1 aromatic rings. The van der Waals surface area contributed by atoms with Gasteiger partial charge < -0.3 is 29.2 Å². The second-order valence-corrected chi connectivity index (χ2v) is 11.9. The lowest BCUT2D eigenvalue weighted by atomic mass is 9.96. The Kier molecular flexibility index (Phi) is 8.53. The lowest BCUT2D eigenvalue weighted by Crippen LogP contribution is -2.55. The van der Waals surface area contributed by atoms with Crippen molar-refractivity contribution in [1.82, 2.24) is 24.6 Å². The number of likely N-dealkylation sites (tertiary alicyclic amines) is 1. The molecule has 1 aromatic heterocycles. The second-order valence-electron chi connectivity index (χ2n) is 11.9. The first-order valence-electron chi connectivity index (χ1n) is 15.4. The molecule has 0 unspecified atom stereocenters. The summed E-state index contributed by atoms with van der Waals surface area (Å²) in [4.78, 5) is 32.6. The smallest absolute Gasteiger partial charge is 0.282 e. The minimum atomic E-state index is -1.04. The number of ether oxygens (including phenoxy) is 1. The maximum absolute atomic E-state index is 13.9. The number of anilines is 1. The Morgan fingerprint density at radius 1 is 1.16 bits per heavy atom. The van der Waals surface area contributed by atoms with E-state index in [-0.39, 0.29) is 25.6 Å². The molecule has 12 heteroatoms. The highest BCUT2D eigenvalue weighted by atomic mass is 19.1. The highest BCUT2D eigenvalue weighted by molar-refractivity contribution is 6.00. The van der Waals surface area contributed by atoms with Crippen molar-refractivity contribution in [3.8, 4) is 18.0 Å². The van der Waals surface area contributed by atoms with E-state index in [1.54, 1.807) is 0 Å². The van der Waals surface area contributed by atoms with Gasteiger partial charge in [-0.2, -0.15) is 10.5 Å². The van der Waals surface area contributed by atoms with E-state index >= 15 is 0 Å². The number of amides is 1. The molecule has 1 amide bonds. The van der Waals surface area contributed by atoms with Crippen LogP contribution in [0.1, 0.15) is 42.5 Å². The van der Waals surface area contributed by atoms with E-state index in [0.29, 0.717) is 44.1 Å². The first-order valence-corrected chi connectivity index (χ1v) is 15.4. The lowest BCUT2D eigenvalue weighted by molar-refractivity contribution is -0.131. The Labute approximate surface area is 257 Å². The molecular weight excluding hydrogens is 561 g/mol. The average Bonchev–Trinajstić information content (AvgIpc) is 3.46. The van der Waals surface area contributed by atoms with Crippen LogP contribution in [0.25, 0.3) is 0 Å². The number of fused-ring (bicyclic) bond motifs is 2. The number of hydrogen-bond acceptors (Lipinski definition) is 10. The van der Waals surface area contributed by atoms with Crippen LogP contribution in [0.5, 0.6) is 5.88 Å². The van der Waals surface area contributed by atoms with Gasteiger partial charge in [0.2, 0.25) is 5.88 Å². The Hall–Kier alpha value is -4.42. The normalized spacial score (nSPS) is 23.3. The molecule has 0 spiro atoms. The molecule has 0 aliphatic carbocycles. The summed E-state index contributed by atoms with van der Waals surface area (Å²) < 4.78 is 20.2. The number of allylic oxidation sites excluding steroid dienone is 2. The van der Waals surface area contributed by atoms with Crippen LogP contribution in [0.2, 0.25) is 0 Å². The Morgan fingerprint density at radius 2 is 2.02 bits per heavy atom. The van der Waals surface area contributed by atoms with Gasteiger partial charge in [0.15, 0.2) is 11.7 Å². The number of carbonyl (C=O) groups is 1. The fourth-order valence-electron chi connectivity index (χ4n) is 6.98. The third kappa shape index (κ3) is 5.62. The SMILES string of the molecule is C=C(F)C(=O)N1CCN(c2c(C#N)c(OC[C@@H]3CCCN3C)nc3c2CCN(C2=CC=CN4CCCN=C24)C3)C[C@@H]1CC#N. The van der Waals surface area contributed by atoms with Crippen molar-refractivity contribution in [2.75, 3.05) is 64.4 Å². The Bertz CT molecular complexity index is 1510. The number of nitrogens with zero attached hydrogens (tertiary/aromatic N) is 9. The van der Waals surface area contributed by atoms with E-state index in [1.165, 1.54) is 4.90 Å². The van der Waals surface area contributed by atoms with Crippen LogP contribution in [0.4, 0.5) is 10.1 Å². The summed E-state index contributed by atoms with van der Waals surface area (Å²) in [5.41, 5.74) is 3.99. The van der Waals surface area contributed by atoms with E-state index in [1.807, 2.05) is 0 Å². The molecule has 0 bridgehead atoms. The predicted molar refractivity (Wildman–Crippen MR) is 163 cm³/mol. The molecule has 2 fully saturated rings. The minimum absolute atomic E-state index is 0.0378. The summed E-state index contributed by atoms with van der Waals surface area (Å²) in [7, 11) is 2.08. The molecule has 0 N–H and O–H groups in total. The zero-order valence-electron chi connectivity index (χ0n) is 25.2. The van der Waals surface area contributed by atoms with Gasteiger partial charge in [0.05, 0.1) is 42.2 Å². The fraction of sp³-hybridized carbons (Fsp3) is 0.531. The van der Waals surface area contributed by atoms with Gasteiger partial charge in [-0.3, -0.25) is 9.79 Å². The molecule has 0 saturated carbocycles. The molecule has 0 radical (unpaired) electrons. The van der Waals surface area contributed by atoms with Gasteiger partial charge in [0.25, 0.3) is 5.91 Å². The molecule has 2 atom stereocenters. The number of aliphatic imine (C=N–C) groups is 1. The van der Waals surface area contributed by atoms with Gasteiger partial charge in [0, 0.05) is 57.1 Å². The molecule has 44 heavy (non-hydrogen) atoms. The molecule has 11 nitrogen and oxygen atoms in total. The van der Waals surface area contributed by atoms with Crippen LogP contribution in [-0.4, -0.2) is 108 Å². The Balaban J connectivity index is 1.36. The van der Waals surface area contributed by atoms with Crippen molar-refractivity contribution in [3.63, 3.8) is 0 Å². The average molecular weight is 600 g/mol. The van der Waals surface area contributed by atoms with Gasteiger partial charge >= 0.3 is 0 Å². The number of halogens is 1. The molecular formula is C32H38FN9O2. The van der Waals surface area contributed by atoms with Crippen LogP contribution in [0.15, 0.2) is 41.4 Å². The highest BCUT2D eigenvalue weighted by Gasteiger charge is 2.37. The first kappa shape index (κ1) is 29.6. The van der Waals surface area contributed by atoms with E-state index in [2.05, 4.69) is 63.7 Å². The maximum atomic E-state index is 13.9. The number of rotatable bonds is 7. The molecule has 6 heterocycles. The van der Waals surface area contributed by atoms with Gasteiger partial charge in [-0.1, -0.05) is 6.58 Å². The molecule has 230 valence electrons. The van der Waals surface area contributed by atoms with Crippen molar-refractivity contribution in [2.45, 2.75) is 50.7 Å². The summed E-state index contributed by atoms with van der Waals surface area (Å²) in [5.74, 6) is -0.547. The number of piperazine rings is 1. The number of aromatic nitrogens is 1. The lowest BCUT2D eigenvalue weighted by Gasteiger charge is -2.43. The third-order valence-electron chi connectivity index (χ3n) is 9.29. The minimum Gasteiger partial charge on any atom is -0.475 e. The van der Waals surface area contributed by atoms with Crippen molar-refractivity contribution in [1.29, 1.82) is 10.5 Å². The van der Waals surface area contributed by atoms with E-state index in [0.717, 1.165) is 67.4 Å². The summed E-state index contributed by atoms with van der Waals surface area (Å²) in [6, 6.07) is 4.23. The highest BCUT2D eigenvalue weighted by Crippen LogP contribution is 2.39. The molecule has 0 aromatic carbocycles. The molecule has 2 saturated heterocycles. The summed E-state index contributed by atoms with van der Waals surface area (Å²) >= 11 is 0. The van der Waals surface area contributed by atoms with E-state index in [9.17, 15) is 19.7 Å². The van der Waals surface area contributed by atoms with Gasteiger partial charge in [-0.25, -0.2) is 9.37 Å². The number of hydrogen-bond donors (Lipinski definition) is 0. The topological polar surface area (TPSA) is 115 Å². The number of nitriles is 2. The quantitative estimate of drug-likeness (QED) is 0.437. The summed E-state index contributed by atoms with van der Waals surface area (Å²) in [5, 5.41) is 20.1. The van der Waals surface area contributed by atoms with E-state index in [4.69, 9.17) is 14.7 Å². The summed E-state index contributed by atoms with van der Waals surface area (Å²) in [6.45, 7) is 8.47. The number of amidine groups is 1. The largest absolute Gasteiger partial charge is 0.475 e. The fourth-order valence-corrected chi connectivity index (χ4v) is 6.98. The van der Waals surface area contributed by atoms with Crippen molar-refractivity contribution >= 4 is 17.4 Å². The second kappa shape index (κ2) is 12.7. The van der Waals surface area contributed by atoms with Gasteiger partial charge in [-0.05, 0) is 51.4 Å². The van der Waals surface area contributed by atoms with Crippen LogP contribution in [0.3, 0.4) is 0 Å². The number of carbonyl (C=O) groups excluding carboxylic acids is 1. The van der Waals surface area contributed by atoms with Crippen LogP contribution >= 0.6 is 0 Å². The van der Waals surface area contributed by atoms with Crippen molar-refractivity contribution < 1.29 is 13.9 Å². The summed E-state index contributed by atoms with van der Waals surface area (Å²) in [6.07, 6.45) is 10.1. The maximum Gasteiger partial charge on any atom is 0.282 e. The molecule has 6 rings (SSSR count). The molecule has 5 aliphatic heterocycles. The standard InChI is InChI=1S/C32H38FN9O2/c1-22(33)32(43)42-17-16-41(19-23(42)8-10-34)29-25-9-15-40(28-7-4-13-39-14-5-11-36-30(28)39)20-27(25)37-31(26(29)18-35)44-21-24-6-3-12-38(24)2/h4,7,13,23-24H,1,3,5-6,8-9,11-12,14-17,19-21H2,2H3/t23-,24-/m0/s1. The first-order chi connectivity index (χ1) is 21.4. The van der Waals surface area contributed by atoms with Crippen molar-refractivity contribution in [2.24, 2.45) is 4.99 Å².